The zero-order valence-electron chi connectivity index (χ0n) is 5.67. The number of halogens is 1. The summed E-state index contributed by atoms with van der Waals surface area (Å²) in [6, 6.07) is 4.92. The molecule has 1 nitrogen and oxygen atoms in total. The predicted molar refractivity (Wildman–Crippen MR) is 44.0 cm³/mol. The zero-order chi connectivity index (χ0) is 7.84. The van der Waals surface area contributed by atoms with Gasteiger partial charge >= 0.3 is 0 Å². The van der Waals surface area contributed by atoms with Crippen molar-refractivity contribution < 1.29 is 4.39 Å². The van der Waals surface area contributed by atoms with E-state index in [0.717, 1.165) is 4.70 Å². The molecule has 0 N–H and O–H groups in total. The molecule has 0 saturated heterocycles. The highest BCUT2D eigenvalue weighted by molar-refractivity contribution is 7.18. The number of fused-ring (bicyclic) bond motifs is 1. The fourth-order valence-corrected chi connectivity index (χ4v) is 1.74. The second-order valence-electron chi connectivity index (χ2n) is 2.19. The lowest BCUT2D eigenvalue weighted by Gasteiger charge is -1.86. The fraction of sp³-hybridized carbons (Fsp3) is 0. The number of thiazole rings is 1. The molecule has 55 valence electrons. The Labute approximate surface area is 67.5 Å². The van der Waals surface area contributed by atoms with Crippen LogP contribution in [0.15, 0.2) is 18.2 Å². The molecular weight excluding hydrogens is 161 g/mol. The van der Waals surface area contributed by atoms with Crippen molar-refractivity contribution in [1.82, 2.24) is 4.98 Å². The summed E-state index contributed by atoms with van der Waals surface area (Å²) in [5.74, 6) is -0.270. The molecule has 0 atom stereocenters. The molecule has 0 amide bonds. The van der Waals surface area contributed by atoms with Crippen molar-refractivity contribution in [2.24, 2.45) is 0 Å². The van der Waals surface area contributed by atoms with E-state index in [0.29, 0.717) is 10.5 Å². The number of hydrogen-bond donors (Lipinski definition) is 0. The second-order valence-corrected chi connectivity index (χ2v) is 3.31. The van der Waals surface area contributed by atoms with Gasteiger partial charge in [0.05, 0.1) is 9.71 Å². The molecule has 0 spiro atoms. The lowest BCUT2D eigenvalue weighted by atomic mass is 10.3. The molecule has 0 aliphatic carbocycles. The summed E-state index contributed by atoms with van der Waals surface area (Å²) in [6.45, 7) is 3.64. The molecule has 3 heteroatoms. The number of aromatic nitrogens is 1. The molecular formula is C8H5FNS. The van der Waals surface area contributed by atoms with Gasteiger partial charge in [-0.15, -0.1) is 11.3 Å². The maximum Gasteiger partial charge on any atom is 0.150 e. The number of benzene rings is 1. The third-order valence-electron chi connectivity index (χ3n) is 1.41. The van der Waals surface area contributed by atoms with Gasteiger partial charge in [0.15, 0.2) is 0 Å². The monoisotopic (exact) mass is 166 g/mol. The lowest BCUT2D eigenvalue weighted by molar-refractivity contribution is 0.637. The molecule has 11 heavy (non-hydrogen) atoms. The molecule has 1 aromatic heterocycles. The Balaban J connectivity index is 2.90. The van der Waals surface area contributed by atoms with Crippen LogP contribution < -0.4 is 0 Å². The van der Waals surface area contributed by atoms with Crippen LogP contribution in [0.5, 0.6) is 0 Å². The largest absolute Gasteiger partial charge is 0.238 e. The molecule has 0 aliphatic heterocycles. The number of rotatable bonds is 0. The van der Waals surface area contributed by atoms with E-state index in [9.17, 15) is 4.39 Å². The third kappa shape index (κ3) is 1.01. The molecule has 0 aliphatic rings. The van der Waals surface area contributed by atoms with E-state index in [2.05, 4.69) is 11.9 Å². The van der Waals surface area contributed by atoms with Crippen LogP contribution in [-0.2, 0) is 0 Å². The molecule has 0 saturated carbocycles. The van der Waals surface area contributed by atoms with Gasteiger partial charge < -0.3 is 0 Å². The van der Waals surface area contributed by atoms with Gasteiger partial charge in [0.2, 0.25) is 0 Å². The maximum atomic E-state index is 12.9. The third-order valence-corrected chi connectivity index (χ3v) is 2.29. The van der Waals surface area contributed by atoms with Crippen LogP contribution in [0.3, 0.4) is 0 Å². The highest BCUT2D eigenvalue weighted by Crippen LogP contribution is 2.22. The van der Waals surface area contributed by atoms with Gasteiger partial charge in [-0.2, -0.15) is 0 Å². The quantitative estimate of drug-likeness (QED) is 0.586. The van der Waals surface area contributed by atoms with Crippen LogP contribution in [0.25, 0.3) is 10.2 Å². The van der Waals surface area contributed by atoms with Crippen LogP contribution in [-0.4, -0.2) is 4.98 Å². The van der Waals surface area contributed by atoms with Gasteiger partial charge in [-0.3, -0.25) is 0 Å². The van der Waals surface area contributed by atoms with Crippen LogP contribution in [0.4, 0.5) is 4.39 Å². The fourth-order valence-electron chi connectivity index (χ4n) is 0.961. The average Bonchev–Trinajstić information content (AvgIpc) is 2.31. The first kappa shape index (κ1) is 6.73. The Morgan fingerprint density at radius 2 is 2.27 bits per heavy atom. The normalized spacial score (nSPS) is 10.7. The van der Waals surface area contributed by atoms with Gasteiger partial charge in [-0.05, 0) is 12.1 Å². The Bertz CT molecular complexity index is 394. The molecule has 0 unspecified atom stereocenters. The van der Waals surface area contributed by atoms with Crippen LogP contribution in [0.1, 0.15) is 5.01 Å². The highest BCUT2D eigenvalue weighted by atomic mass is 32.1. The molecule has 1 radical (unpaired) electrons. The molecule has 1 heterocycles. The first-order chi connectivity index (χ1) is 5.27. The minimum Gasteiger partial charge on any atom is -0.238 e. The summed E-state index contributed by atoms with van der Waals surface area (Å²) in [6.07, 6.45) is 0. The lowest BCUT2D eigenvalue weighted by Crippen LogP contribution is -1.75. The van der Waals surface area contributed by atoms with Gasteiger partial charge in [0.1, 0.15) is 11.3 Å². The minimum atomic E-state index is -0.270. The van der Waals surface area contributed by atoms with Crippen molar-refractivity contribution >= 4 is 21.6 Å². The van der Waals surface area contributed by atoms with Crippen molar-refractivity contribution in [3.8, 4) is 0 Å². The molecule has 0 fully saturated rings. The highest BCUT2D eigenvalue weighted by Gasteiger charge is 2.03. The summed E-state index contributed by atoms with van der Waals surface area (Å²) >= 11 is 1.40. The van der Waals surface area contributed by atoms with Crippen molar-refractivity contribution in [2.45, 2.75) is 0 Å². The minimum absolute atomic E-state index is 0.270. The maximum absolute atomic E-state index is 12.9. The van der Waals surface area contributed by atoms with Crippen LogP contribution >= 0.6 is 11.3 Å². The van der Waals surface area contributed by atoms with E-state index in [4.69, 9.17) is 0 Å². The van der Waals surface area contributed by atoms with Crippen molar-refractivity contribution in [1.29, 1.82) is 0 Å². The smallest absolute Gasteiger partial charge is 0.150 e. The molecule has 0 bridgehead atoms. The van der Waals surface area contributed by atoms with E-state index < -0.39 is 0 Å². The topological polar surface area (TPSA) is 12.9 Å². The second kappa shape index (κ2) is 2.27. The summed E-state index contributed by atoms with van der Waals surface area (Å²) in [7, 11) is 0. The first-order valence-corrected chi connectivity index (χ1v) is 3.96. The summed E-state index contributed by atoms with van der Waals surface area (Å²) in [4.78, 5) is 3.95. The van der Waals surface area contributed by atoms with E-state index in [1.807, 2.05) is 6.07 Å². The predicted octanol–water partition coefficient (Wildman–Crippen LogP) is 2.62. The van der Waals surface area contributed by atoms with E-state index in [-0.39, 0.29) is 5.82 Å². The van der Waals surface area contributed by atoms with Gasteiger partial charge in [-0.1, -0.05) is 6.07 Å². The summed E-state index contributed by atoms with van der Waals surface area (Å²) in [5.41, 5.74) is 0.433. The van der Waals surface area contributed by atoms with Gasteiger partial charge in [0, 0.05) is 6.92 Å². The number of hydrogen-bond acceptors (Lipinski definition) is 2. The standard InChI is InChI=1S/C8H5FNS/c1-5-10-8-6(9)3-2-4-7(8)11-5/h2-4H,1H2. The zero-order valence-corrected chi connectivity index (χ0v) is 6.49. The van der Waals surface area contributed by atoms with E-state index >= 15 is 0 Å². The Hall–Kier alpha value is -0.960. The van der Waals surface area contributed by atoms with Crippen molar-refractivity contribution in [3.05, 3.63) is 35.9 Å². The Morgan fingerprint density at radius 3 is 3.00 bits per heavy atom. The Morgan fingerprint density at radius 1 is 1.45 bits per heavy atom. The molecule has 2 rings (SSSR count). The Kier molecular flexibility index (Phi) is 1.39. The summed E-state index contributed by atoms with van der Waals surface area (Å²) in [5, 5.41) is 0.658. The van der Waals surface area contributed by atoms with Crippen molar-refractivity contribution in [3.63, 3.8) is 0 Å². The van der Waals surface area contributed by atoms with Crippen LogP contribution in [0, 0.1) is 12.7 Å². The van der Waals surface area contributed by atoms with Gasteiger partial charge in [-0.25, -0.2) is 9.37 Å². The SMILES string of the molecule is [CH2]c1nc2c(F)cccc2s1. The molecule has 1 aromatic carbocycles. The number of nitrogens with zero attached hydrogens (tertiary/aromatic N) is 1. The van der Waals surface area contributed by atoms with Gasteiger partial charge in [0.25, 0.3) is 0 Å². The van der Waals surface area contributed by atoms with E-state index in [1.54, 1.807) is 6.07 Å². The van der Waals surface area contributed by atoms with Crippen molar-refractivity contribution in [2.75, 3.05) is 0 Å². The average molecular weight is 166 g/mol. The molecule has 2 aromatic rings. The first-order valence-electron chi connectivity index (χ1n) is 3.14. The number of para-hydroxylation sites is 1. The van der Waals surface area contributed by atoms with E-state index in [1.165, 1.54) is 17.4 Å². The summed E-state index contributed by atoms with van der Waals surface area (Å²) < 4.78 is 13.8. The van der Waals surface area contributed by atoms with Crippen LogP contribution in [0.2, 0.25) is 0 Å².